The smallest absolute Gasteiger partial charge is 0.191 e. The SMILES string of the molecule is CN=C(NCc1ccc(OCCCN(C)C)cc1)NC1CCN(c2ccccc2)C1. The molecule has 0 amide bonds. The van der Waals surface area contributed by atoms with Gasteiger partial charge in [0.05, 0.1) is 6.61 Å². The lowest BCUT2D eigenvalue weighted by molar-refractivity contribution is 0.281. The van der Waals surface area contributed by atoms with Crippen LogP contribution in [0.1, 0.15) is 18.4 Å². The fraction of sp³-hybridized carbons (Fsp3) is 0.458. The molecule has 0 aliphatic carbocycles. The van der Waals surface area contributed by atoms with Gasteiger partial charge in [0.25, 0.3) is 0 Å². The van der Waals surface area contributed by atoms with Crippen LogP contribution in [0, 0.1) is 0 Å². The van der Waals surface area contributed by atoms with Crippen molar-refractivity contribution in [2.45, 2.75) is 25.4 Å². The molecule has 1 saturated heterocycles. The third kappa shape index (κ3) is 6.95. The number of nitrogens with zero attached hydrogens (tertiary/aromatic N) is 3. The molecular formula is C24H35N5O. The van der Waals surface area contributed by atoms with Crippen molar-refractivity contribution in [3.05, 3.63) is 60.2 Å². The van der Waals surface area contributed by atoms with Gasteiger partial charge in [0.15, 0.2) is 5.96 Å². The number of nitrogens with one attached hydrogen (secondary N) is 2. The molecule has 1 heterocycles. The van der Waals surface area contributed by atoms with E-state index in [0.29, 0.717) is 6.04 Å². The van der Waals surface area contributed by atoms with E-state index < -0.39 is 0 Å². The number of benzene rings is 2. The zero-order valence-corrected chi connectivity index (χ0v) is 18.5. The van der Waals surface area contributed by atoms with Crippen molar-refractivity contribution in [3.63, 3.8) is 0 Å². The van der Waals surface area contributed by atoms with Crippen LogP contribution in [-0.4, -0.2) is 64.3 Å². The minimum atomic E-state index is 0.398. The van der Waals surface area contributed by atoms with Gasteiger partial charge in [0, 0.05) is 45.0 Å². The lowest BCUT2D eigenvalue weighted by Crippen LogP contribution is -2.44. The average molecular weight is 410 g/mol. The minimum absolute atomic E-state index is 0.398. The van der Waals surface area contributed by atoms with Gasteiger partial charge in [-0.3, -0.25) is 4.99 Å². The number of ether oxygens (including phenoxy) is 1. The molecule has 2 N–H and O–H groups in total. The Balaban J connectivity index is 1.40. The first-order valence-electron chi connectivity index (χ1n) is 10.8. The summed E-state index contributed by atoms with van der Waals surface area (Å²) in [6.45, 7) is 4.57. The Morgan fingerprint density at radius 1 is 1.13 bits per heavy atom. The van der Waals surface area contributed by atoms with Crippen LogP contribution >= 0.6 is 0 Å². The second kappa shape index (κ2) is 11.5. The second-order valence-corrected chi connectivity index (χ2v) is 7.99. The van der Waals surface area contributed by atoms with Crippen molar-refractivity contribution in [2.75, 3.05) is 52.3 Å². The molecule has 162 valence electrons. The summed E-state index contributed by atoms with van der Waals surface area (Å²) >= 11 is 0. The Morgan fingerprint density at radius 2 is 1.90 bits per heavy atom. The largest absolute Gasteiger partial charge is 0.494 e. The van der Waals surface area contributed by atoms with Crippen LogP contribution in [0.5, 0.6) is 5.75 Å². The van der Waals surface area contributed by atoms with Crippen LogP contribution in [0.25, 0.3) is 0 Å². The first-order chi connectivity index (χ1) is 14.6. The van der Waals surface area contributed by atoms with Gasteiger partial charge in [0.2, 0.25) is 0 Å². The van der Waals surface area contributed by atoms with Crippen molar-refractivity contribution >= 4 is 11.6 Å². The molecule has 0 saturated carbocycles. The highest BCUT2D eigenvalue weighted by molar-refractivity contribution is 5.80. The maximum absolute atomic E-state index is 5.81. The molecule has 1 unspecified atom stereocenters. The molecule has 30 heavy (non-hydrogen) atoms. The van der Waals surface area contributed by atoms with Crippen molar-refractivity contribution in [3.8, 4) is 5.75 Å². The van der Waals surface area contributed by atoms with E-state index in [-0.39, 0.29) is 0 Å². The number of guanidine groups is 1. The Kier molecular flexibility index (Phi) is 8.39. The standard InChI is InChI=1S/C24H35N5O/c1-25-24(27-21-14-16-29(19-21)22-8-5-4-6-9-22)26-18-20-10-12-23(13-11-20)30-17-7-15-28(2)3/h4-6,8-13,21H,7,14-19H2,1-3H3,(H2,25,26,27). The zero-order chi connectivity index (χ0) is 21.2. The number of hydrogen-bond acceptors (Lipinski definition) is 4. The topological polar surface area (TPSA) is 52.1 Å². The third-order valence-electron chi connectivity index (χ3n) is 5.28. The van der Waals surface area contributed by atoms with E-state index in [1.165, 1.54) is 11.3 Å². The van der Waals surface area contributed by atoms with Gasteiger partial charge >= 0.3 is 0 Å². The average Bonchev–Trinajstić information content (AvgIpc) is 3.24. The van der Waals surface area contributed by atoms with Crippen LogP contribution in [0.15, 0.2) is 59.6 Å². The molecule has 2 aromatic carbocycles. The highest BCUT2D eigenvalue weighted by atomic mass is 16.5. The normalized spacial score (nSPS) is 16.7. The summed E-state index contributed by atoms with van der Waals surface area (Å²) in [4.78, 5) is 8.98. The first kappa shape index (κ1) is 22.0. The molecule has 3 rings (SSSR count). The summed E-state index contributed by atoms with van der Waals surface area (Å²) in [7, 11) is 5.98. The summed E-state index contributed by atoms with van der Waals surface area (Å²) in [5.74, 6) is 1.77. The van der Waals surface area contributed by atoms with Crippen LogP contribution in [0.4, 0.5) is 5.69 Å². The molecule has 0 radical (unpaired) electrons. The summed E-state index contributed by atoms with van der Waals surface area (Å²) in [5.41, 5.74) is 2.49. The van der Waals surface area contributed by atoms with Crippen LogP contribution in [-0.2, 0) is 6.54 Å². The van der Waals surface area contributed by atoms with E-state index in [9.17, 15) is 0 Å². The summed E-state index contributed by atoms with van der Waals surface area (Å²) < 4.78 is 5.81. The summed E-state index contributed by atoms with van der Waals surface area (Å²) in [6, 6.07) is 19.3. The van der Waals surface area contributed by atoms with E-state index in [1.54, 1.807) is 0 Å². The number of aliphatic imine (C=N–C) groups is 1. The van der Waals surface area contributed by atoms with Crippen molar-refractivity contribution in [1.82, 2.24) is 15.5 Å². The Bertz CT molecular complexity index is 776. The molecular weight excluding hydrogens is 374 g/mol. The minimum Gasteiger partial charge on any atom is -0.494 e. The molecule has 6 nitrogen and oxygen atoms in total. The Morgan fingerprint density at radius 3 is 2.60 bits per heavy atom. The highest BCUT2D eigenvalue weighted by Crippen LogP contribution is 2.19. The van der Waals surface area contributed by atoms with E-state index >= 15 is 0 Å². The molecule has 1 atom stereocenters. The maximum atomic E-state index is 5.81. The van der Waals surface area contributed by atoms with Crippen molar-refractivity contribution in [2.24, 2.45) is 4.99 Å². The number of rotatable bonds is 9. The number of hydrogen-bond donors (Lipinski definition) is 2. The van der Waals surface area contributed by atoms with Crippen molar-refractivity contribution in [1.29, 1.82) is 0 Å². The molecule has 0 bridgehead atoms. The predicted molar refractivity (Wildman–Crippen MR) is 126 cm³/mol. The summed E-state index contributed by atoms with van der Waals surface area (Å²) in [5, 5.41) is 6.98. The van der Waals surface area contributed by atoms with Gasteiger partial charge < -0.3 is 25.2 Å². The number of anilines is 1. The summed E-state index contributed by atoms with van der Waals surface area (Å²) in [6.07, 6.45) is 2.14. The third-order valence-corrected chi connectivity index (χ3v) is 5.28. The maximum Gasteiger partial charge on any atom is 0.191 e. The van der Waals surface area contributed by atoms with Crippen LogP contribution in [0.2, 0.25) is 0 Å². The molecule has 0 aromatic heterocycles. The fourth-order valence-corrected chi connectivity index (χ4v) is 3.60. The molecule has 1 aliphatic rings. The lowest BCUT2D eigenvalue weighted by atomic mass is 10.2. The van der Waals surface area contributed by atoms with E-state index in [4.69, 9.17) is 4.74 Å². The molecule has 1 fully saturated rings. The quantitative estimate of drug-likeness (QED) is 0.379. The van der Waals surface area contributed by atoms with Gasteiger partial charge in [-0.1, -0.05) is 30.3 Å². The second-order valence-electron chi connectivity index (χ2n) is 7.99. The van der Waals surface area contributed by atoms with Gasteiger partial charge in [-0.05, 0) is 56.8 Å². The van der Waals surface area contributed by atoms with Crippen LogP contribution in [0.3, 0.4) is 0 Å². The molecule has 1 aliphatic heterocycles. The van der Waals surface area contributed by atoms with E-state index in [1.807, 2.05) is 19.2 Å². The predicted octanol–water partition coefficient (Wildman–Crippen LogP) is 2.96. The lowest BCUT2D eigenvalue weighted by Gasteiger charge is -2.20. The Hall–Kier alpha value is -2.73. The van der Waals surface area contributed by atoms with E-state index in [2.05, 4.69) is 82.0 Å². The van der Waals surface area contributed by atoms with Gasteiger partial charge in [-0.15, -0.1) is 0 Å². The van der Waals surface area contributed by atoms with Gasteiger partial charge in [-0.25, -0.2) is 0 Å². The monoisotopic (exact) mass is 409 g/mol. The van der Waals surface area contributed by atoms with Gasteiger partial charge in [-0.2, -0.15) is 0 Å². The molecule has 0 spiro atoms. The first-order valence-corrected chi connectivity index (χ1v) is 10.8. The zero-order valence-electron chi connectivity index (χ0n) is 18.5. The van der Waals surface area contributed by atoms with E-state index in [0.717, 1.165) is 57.3 Å². The van der Waals surface area contributed by atoms with Crippen molar-refractivity contribution < 1.29 is 4.74 Å². The van der Waals surface area contributed by atoms with Gasteiger partial charge in [0.1, 0.15) is 5.75 Å². The molecule has 2 aromatic rings. The van der Waals surface area contributed by atoms with Crippen LogP contribution < -0.4 is 20.3 Å². The molecule has 6 heteroatoms. The Labute approximate surface area is 180 Å². The fourth-order valence-electron chi connectivity index (χ4n) is 3.60. The number of para-hydroxylation sites is 1. The highest BCUT2D eigenvalue weighted by Gasteiger charge is 2.23.